The van der Waals surface area contributed by atoms with Crippen molar-refractivity contribution in [2.75, 3.05) is 14.2 Å². The van der Waals surface area contributed by atoms with Crippen LogP contribution in [0, 0.1) is 0 Å². The summed E-state index contributed by atoms with van der Waals surface area (Å²) >= 11 is 0. The number of fused-ring (bicyclic) bond motifs is 3. The molecule has 2 aromatic carbocycles. The van der Waals surface area contributed by atoms with Gasteiger partial charge in [-0.3, -0.25) is 0 Å². The molecule has 92 valence electrons. The van der Waals surface area contributed by atoms with E-state index in [0.717, 1.165) is 21.8 Å². The van der Waals surface area contributed by atoms with Gasteiger partial charge in [-0.1, -0.05) is 12.1 Å². The van der Waals surface area contributed by atoms with E-state index < -0.39 is 0 Å². The average molecular weight is 243 g/mol. The minimum absolute atomic E-state index is 0.238. The molecule has 3 aromatic rings. The third-order valence-corrected chi connectivity index (χ3v) is 3.12. The zero-order valence-electron chi connectivity index (χ0n) is 10.2. The summed E-state index contributed by atoms with van der Waals surface area (Å²) in [6.07, 6.45) is 0. The first-order chi connectivity index (χ1) is 8.74. The van der Waals surface area contributed by atoms with Gasteiger partial charge in [0.2, 0.25) is 0 Å². The molecule has 18 heavy (non-hydrogen) atoms. The van der Waals surface area contributed by atoms with Crippen LogP contribution in [-0.4, -0.2) is 24.3 Å². The lowest BCUT2D eigenvalue weighted by molar-refractivity contribution is 0.356. The van der Waals surface area contributed by atoms with Gasteiger partial charge in [-0.25, -0.2) is 0 Å². The minimum Gasteiger partial charge on any atom is -0.506 e. The van der Waals surface area contributed by atoms with Gasteiger partial charge in [0.05, 0.1) is 25.3 Å². The highest BCUT2D eigenvalue weighted by Crippen LogP contribution is 2.37. The Morgan fingerprint density at radius 3 is 2.44 bits per heavy atom. The summed E-state index contributed by atoms with van der Waals surface area (Å²) in [7, 11) is 3.21. The normalized spacial score (nSPS) is 11.0. The molecule has 1 heterocycles. The molecule has 1 aromatic heterocycles. The number of benzene rings is 2. The lowest BCUT2D eigenvalue weighted by Crippen LogP contribution is -1.89. The number of phenols is 1. The van der Waals surface area contributed by atoms with Gasteiger partial charge in [0, 0.05) is 16.8 Å². The number of nitrogens with one attached hydrogen (secondary N) is 1. The van der Waals surface area contributed by atoms with Crippen molar-refractivity contribution in [2.45, 2.75) is 0 Å². The van der Waals surface area contributed by atoms with Gasteiger partial charge >= 0.3 is 0 Å². The lowest BCUT2D eigenvalue weighted by Gasteiger charge is -2.07. The maximum atomic E-state index is 9.83. The zero-order chi connectivity index (χ0) is 12.7. The molecule has 2 N–H and O–H groups in total. The number of hydrogen-bond acceptors (Lipinski definition) is 3. The van der Waals surface area contributed by atoms with E-state index in [1.807, 2.05) is 24.3 Å². The molecule has 4 heteroatoms. The molecule has 0 saturated carbocycles. The second-order valence-electron chi connectivity index (χ2n) is 4.08. The van der Waals surface area contributed by atoms with E-state index in [1.54, 1.807) is 20.3 Å². The van der Waals surface area contributed by atoms with E-state index in [9.17, 15) is 5.11 Å². The van der Waals surface area contributed by atoms with E-state index >= 15 is 0 Å². The van der Waals surface area contributed by atoms with Crippen LogP contribution in [0.2, 0.25) is 0 Å². The number of para-hydroxylation sites is 1. The van der Waals surface area contributed by atoms with Gasteiger partial charge in [-0.2, -0.15) is 0 Å². The third-order valence-electron chi connectivity index (χ3n) is 3.12. The number of aromatic amines is 1. The van der Waals surface area contributed by atoms with E-state index in [2.05, 4.69) is 4.98 Å². The van der Waals surface area contributed by atoms with Crippen molar-refractivity contribution in [1.82, 2.24) is 4.98 Å². The van der Waals surface area contributed by atoms with Crippen molar-refractivity contribution in [3.05, 3.63) is 30.3 Å². The van der Waals surface area contributed by atoms with Crippen molar-refractivity contribution >= 4 is 21.8 Å². The number of methoxy groups -OCH3 is 2. The molecule has 0 fully saturated rings. The SMILES string of the molecule is COc1cc2[nH]c3c(O)cccc3c2cc1OC. The molecule has 0 amide bonds. The molecule has 0 aliphatic heterocycles. The van der Waals surface area contributed by atoms with Crippen LogP contribution < -0.4 is 9.47 Å². The summed E-state index contributed by atoms with van der Waals surface area (Å²) in [5, 5.41) is 11.8. The first-order valence-electron chi connectivity index (χ1n) is 5.60. The predicted molar refractivity (Wildman–Crippen MR) is 70.6 cm³/mol. The summed E-state index contributed by atoms with van der Waals surface area (Å²) in [6, 6.07) is 9.22. The van der Waals surface area contributed by atoms with Gasteiger partial charge in [0.15, 0.2) is 11.5 Å². The first-order valence-corrected chi connectivity index (χ1v) is 5.60. The fourth-order valence-corrected chi connectivity index (χ4v) is 2.24. The molecule has 0 aliphatic rings. The third kappa shape index (κ3) is 1.39. The highest BCUT2D eigenvalue weighted by atomic mass is 16.5. The van der Waals surface area contributed by atoms with Gasteiger partial charge in [-0.05, 0) is 12.1 Å². The van der Waals surface area contributed by atoms with Gasteiger partial charge in [0.1, 0.15) is 5.75 Å². The maximum absolute atomic E-state index is 9.83. The maximum Gasteiger partial charge on any atom is 0.162 e. The molecule has 0 spiro atoms. The molecular weight excluding hydrogens is 230 g/mol. The van der Waals surface area contributed by atoms with E-state index in [4.69, 9.17) is 9.47 Å². The average Bonchev–Trinajstić information content (AvgIpc) is 2.76. The Balaban J connectivity index is 2.44. The second-order valence-corrected chi connectivity index (χ2v) is 4.08. The van der Waals surface area contributed by atoms with Crippen molar-refractivity contribution in [1.29, 1.82) is 0 Å². The summed E-state index contributed by atoms with van der Waals surface area (Å²) in [6.45, 7) is 0. The summed E-state index contributed by atoms with van der Waals surface area (Å²) in [5.74, 6) is 1.58. The van der Waals surface area contributed by atoms with Crippen LogP contribution >= 0.6 is 0 Å². The number of H-pyrrole nitrogens is 1. The standard InChI is InChI=1S/C14H13NO3/c1-17-12-6-9-8-4-3-5-11(16)14(8)15-10(9)7-13(12)18-2/h3-7,15-16H,1-2H3. The molecule has 3 rings (SSSR count). The minimum atomic E-state index is 0.238. The van der Waals surface area contributed by atoms with Crippen LogP contribution in [0.3, 0.4) is 0 Å². The van der Waals surface area contributed by atoms with Gasteiger partial charge in [-0.15, -0.1) is 0 Å². The number of rotatable bonds is 2. The smallest absolute Gasteiger partial charge is 0.162 e. The van der Waals surface area contributed by atoms with Crippen molar-refractivity contribution in [3.63, 3.8) is 0 Å². The molecule has 0 radical (unpaired) electrons. The lowest BCUT2D eigenvalue weighted by atomic mass is 10.1. The van der Waals surface area contributed by atoms with Crippen LogP contribution in [-0.2, 0) is 0 Å². The van der Waals surface area contributed by atoms with Crippen LogP contribution in [0.5, 0.6) is 17.2 Å². The van der Waals surface area contributed by atoms with E-state index in [0.29, 0.717) is 11.5 Å². The first kappa shape index (κ1) is 10.8. The Morgan fingerprint density at radius 1 is 1.00 bits per heavy atom. The Bertz CT molecular complexity index is 731. The fraction of sp³-hybridized carbons (Fsp3) is 0.143. The summed E-state index contributed by atoms with van der Waals surface area (Å²) in [4.78, 5) is 3.19. The number of aromatic hydroxyl groups is 1. The van der Waals surface area contributed by atoms with Gasteiger partial charge in [0.25, 0.3) is 0 Å². The second kappa shape index (κ2) is 3.84. The number of aromatic nitrogens is 1. The molecular formula is C14H13NO3. The quantitative estimate of drug-likeness (QED) is 0.727. The van der Waals surface area contributed by atoms with E-state index in [-0.39, 0.29) is 5.75 Å². The Kier molecular flexibility index (Phi) is 2.30. The largest absolute Gasteiger partial charge is 0.506 e. The van der Waals surface area contributed by atoms with Crippen LogP contribution in [0.4, 0.5) is 0 Å². The number of ether oxygens (including phenoxy) is 2. The topological polar surface area (TPSA) is 54.5 Å². The summed E-state index contributed by atoms with van der Waals surface area (Å²) < 4.78 is 10.6. The van der Waals surface area contributed by atoms with Crippen LogP contribution in [0.25, 0.3) is 21.8 Å². The van der Waals surface area contributed by atoms with Gasteiger partial charge < -0.3 is 19.6 Å². The van der Waals surface area contributed by atoms with Crippen molar-refractivity contribution < 1.29 is 14.6 Å². The number of hydrogen-bond donors (Lipinski definition) is 2. The molecule has 0 aliphatic carbocycles. The Morgan fingerprint density at radius 2 is 1.72 bits per heavy atom. The van der Waals surface area contributed by atoms with E-state index in [1.165, 1.54) is 0 Å². The fourth-order valence-electron chi connectivity index (χ4n) is 2.24. The van der Waals surface area contributed by atoms with Crippen molar-refractivity contribution in [3.8, 4) is 17.2 Å². The summed E-state index contributed by atoms with van der Waals surface area (Å²) in [5.41, 5.74) is 1.63. The monoisotopic (exact) mass is 243 g/mol. The van der Waals surface area contributed by atoms with Crippen LogP contribution in [0.1, 0.15) is 0 Å². The highest BCUT2D eigenvalue weighted by Gasteiger charge is 2.12. The Labute approximate surface area is 104 Å². The molecule has 0 bridgehead atoms. The highest BCUT2D eigenvalue weighted by molar-refractivity contribution is 6.10. The molecule has 0 saturated heterocycles. The number of phenolic OH excluding ortho intramolecular Hbond substituents is 1. The van der Waals surface area contributed by atoms with Crippen LogP contribution in [0.15, 0.2) is 30.3 Å². The van der Waals surface area contributed by atoms with Crippen molar-refractivity contribution in [2.24, 2.45) is 0 Å². The Hall–Kier alpha value is -2.36. The predicted octanol–water partition coefficient (Wildman–Crippen LogP) is 3.04. The molecule has 4 nitrogen and oxygen atoms in total. The molecule has 0 unspecified atom stereocenters. The molecule has 0 atom stereocenters. The zero-order valence-corrected chi connectivity index (χ0v) is 10.2.